The Morgan fingerprint density at radius 1 is 0.792 bits per heavy atom. The molecule has 1 aromatic carbocycles. The number of ether oxygens (including phenoxy) is 2. The molecule has 24 heavy (non-hydrogen) atoms. The van der Waals surface area contributed by atoms with Crippen LogP contribution in [0.3, 0.4) is 0 Å². The molecule has 0 bridgehead atoms. The van der Waals surface area contributed by atoms with Crippen LogP contribution in [0.4, 0.5) is 0 Å². The highest BCUT2D eigenvalue weighted by Crippen LogP contribution is 2.27. The number of halogens is 2. The van der Waals surface area contributed by atoms with E-state index >= 15 is 0 Å². The number of esters is 2. The van der Waals surface area contributed by atoms with Crippen LogP contribution in [0.1, 0.15) is 73.1 Å². The lowest BCUT2D eigenvalue weighted by molar-refractivity contribution is 0.0482. The van der Waals surface area contributed by atoms with Gasteiger partial charge >= 0.3 is 11.9 Å². The van der Waals surface area contributed by atoms with Gasteiger partial charge < -0.3 is 9.47 Å². The van der Waals surface area contributed by atoms with Crippen LogP contribution in [0, 0.1) is 0 Å². The highest BCUT2D eigenvalue weighted by atomic mass is 79.9. The number of carbonyl (C=O) groups excluding carboxylic acids is 2. The van der Waals surface area contributed by atoms with Crippen LogP contribution in [0.5, 0.6) is 0 Å². The second-order valence-electron chi connectivity index (χ2n) is 5.50. The van der Waals surface area contributed by atoms with Crippen LogP contribution in [0.2, 0.25) is 0 Å². The van der Waals surface area contributed by atoms with Gasteiger partial charge in [-0.05, 0) is 56.8 Å². The van der Waals surface area contributed by atoms with Gasteiger partial charge in [0.15, 0.2) is 0 Å². The number of unbranched alkanes of at least 4 members (excludes halogenated alkanes) is 4. The Hall–Kier alpha value is -0.880. The largest absolute Gasteiger partial charge is 0.462 e. The maximum absolute atomic E-state index is 12.1. The molecule has 0 atom stereocenters. The van der Waals surface area contributed by atoms with Gasteiger partial charge in [0.05, 0.1) is 24.3 Å². The van der Waals surface area contributed by atoms with Gasteiger partial charge in [-0.2, -0.15) is 0 Å². The average Bonchev–Trinajstić information content (AvgIpc) is 2.57. The highest BCUT2D eigenvalue weighted by molar-refractivity contribution is 9.11. The second-order valence-corrected chi connectivity index (χ2v) is 7.21. The molecule has 0 aliphatic heterocycles. The van der Waals surface area contributed by atoms with Gasteiger partial charge in [-0.15, -0.1) is 0 Å². The molecule has 0 amide bonds. The Balaban J connectivity index is 2.70. The molecule has 4 nitrogen and oxygen atoms in total. The molecule has 0 aromatic heterocycles. The number of hydrogen-bond donors (Lipinski definition) is 0. The first kappa shape index (κ1) is 21.2. The van der Waals surface area contributed by atoms with Crippen molar-refractivity contribution in [3.63, 3.8) is 0 Å². The summed E-state index contributed by atoms with van der Waals surface area (Å²) in [4.78, 5) is 24.2. The quantitative estimate of drug-likeness (QED) is 0.320. The van der Waals surface area contributed by atoms with E-state index in [1.165, 1.54) is 0 Å². The number of hydrogen-bond acceptors (Lipinski definition) is 4. The van der Waals surface area contributed by atoms with Crippen molar-refractivity contribution in [2.75, 3.05) is 13.2 Å². The van der Waals surface area contributed by atoms with Crippen LogP contribution in [0.15, 0.2) is 21.1 Å². The first-order valence-corrected chi connectivity index (χ1v) is 9.93. The lowest BCUT2D eigenvalue weighted by atomic mass is 10.1. The number of benzene rings is 1. The number of carbonyl (C=O) groups is 2. The lowest BCUT2D eigenvalue weighted by Crippen LogP contribution is -2.11. The molecule has 0 saturated heterocycles. The van der Waals surface area contributed by atoms with Crippen LogP contribution in [-0.2, 0) is 9.47 Å². The van der Waals surface area contributed by atoms with Crippen molar-refractivity contribution >= 4 is 43.8 Å². The van der Waals surface area contributed by atoms with Gasteiger partial charge in [-0.25, -0.2) is 9.59 Å². The summed E-state index contributed by atoms with van der Waals surface area (Å²) in [5.41, 5.74) is 0.779. The second kappa shape index (κ2) is 11.6. The van der Waals surface area contributed by atoms with Crippen molar-refractivity contribution in [2.45, 2.75) is 52.4 Å². The third-order valence-corrected chi connectivity index (χ3v) is 4.77. The maximum atomic E-state index is 12.1. The van der Waals surface area contributed by atoms with E-state index in [4.69, 9.17) is 9.47 Å². The normalized spacial score (nSPS) is 10.5. The molecule has 0 unspecified atom stereocenters. The molecule has 0 aliphatic carbocycles. The molecule has 134 valence electrons. The van der Waals surface area contributed by atoms with Crippen molar-refractivity contribution in [3.05, 3.63) is 32.2 Å². The minimum Gasteiger partial charge on any atom is -0.462 e. The molecule has 0 spiro atoms. The van der Waals surface area contributed by atoms with Gasteiger partial charge in [-0.1, -0.05) is 39.5 Å². The standard InChI is InChI=1S/C18H24Br2O4/c1-3-5-7-9-23-17(21)13-11-16(20)14(12-15(13)19)18(22)24-10-8-6-4-2/h11-12H,3-10H2,1-2H3. The van der Waals surface area contributed by atoms with E-state index in [1.54, 1.807) is 12.1 Å². The minimum atomic E-state index is -0.401. The van der Waals surface area contributed by atoms with E-state index in [1.807, 2.05) is 0 Å². The lowest BCUT2D eigenvalue weighted by Gasteiger charge is -2.10. The summed E-state index contributed by atoms with van der Waals surface area (Å²) in [7, 11) is 0. The SMILES string of the molecule is CCCCCOC(=O)c1cc(Br)c(C(=O)OCCCCC)cc1Br. The smallest absolute Gasteiger partial charge is 0.339 e. The third-order valence-electron chi connectivity index (χ3n) is 3.46. The average molecular weight is 464 g/mol. The fraction of sp³-hybridized carbons (Fsp3) is 0.556. The monoisotopic (exact) mass is 462 g/mol. The van der Waals surface area contributed by atoms with E-state index in [0.717, 1.165) is 38.5 Å². The predicted molar refractivity (Wildman–Crippen MR) is 101 cm³/mol. The van der Waals surface area contributed by atoms with Gasteiger partial charge in [0.1, 0.15) is 0 Å². The Labute approximate surface area is 160 Å². The van der Waals surface area contributed by atoms with Gasteiger partial charge in [-0.3, -0.25) is 0 Å². The van der Waals surface area contributed by atoms with E-state index < -0.39 is 11.9 Å². The van der Waals surface area contributed by atoms with Crippen LogP contribution in [-0.4, -0.2) is 25.2 Å². The predicted octanol–water partition coefficient (Wildman–Crippen LogP) is 5.91. The maximum Gasteiger partial charge on any atom is 0.339 e. The fourth-order valence-corrected chi connectivity index (χ4v) is 3.06. The fourth-order valence-electron chi connectivity index (χ4n) is 2.05. The third kappa shape index (κ3) is 6.93. The molecule has 0 heterocycles. The highest BCUT2D eigenvalue weighted by Gasteiger charge is 2.19. The molecule has 0 fully saturated rings. The first-order chi connectivity index (χ1) is 11.5. The zero-order valence-electron chi connectivity index (χ0n) is 14.2. The molecule has 1 aromatic rings. The topological polar surface area (TPSA) is 52.6 Å². The van der Waals surface area contributed by atoms with Crippen LogP contribution >= 0.6 is 31.9 Å². The summed E-state index contributed by atoms with van der Waals surface area (Å²) in [5, 5.41) is 0. The van der Waals surface area contributed by atoms with Crippen molar-refractivity contribution in [1.82, 2.24) is 0 Å². The summed E-state index contributed by atoms with van der Waals surface area (Å²) in [5.74, 6) is -0.803. The van der Waals surface area contributed by atoms with E-state index in [9.17, 15) is 9.59 Å². The molecule has 0 saturated carbocycles. The van der Waals surface area contributed by atoms with Crippen molar-refractivity contribution < 1.29 is 19.1 Å². The molecule has 0 aliphatic rings. The minimum absolute atomic E-state index is 0.390. The summed E-state index contributed by atoms with van der Waals surface area (Å²) < 4.78 is 11.5. The van der Waals surface area contributed by atoms with E-state index in [0.29, 0.717) is 33.3 Å². The summed E-state index contributed by atoms with van der Waals surface area (Å²) in [6, 6.07) is 3.18. The Kier molecular flexibility index (Phi) is 10.3. The summed E-state index contributed by atoms with van der Waals surface area (Å²) >= 11 is 6.67. The molecule has 6 heteroatoms. The molecular weight excluding hydrogens is 440 g/mol. The first-order valence-electron chi connectivity index (χ1n) is 8.34. The molecular formula is C18H24Br2O4. The van der Waals surface area contributed by atoms with Crippen molar-refractivity contribution in [1.29, 1.82) is 0 Å². The molecule has 0 N–H and O–H groups in total. The van der Waals surface area contributed by atoms with Crippen LogP contribution < -0.4 is 0 Å². The zero-order chi connectivity index (χ0) is 17.9. The van der Waals surface area contributed by atoms with E-state index in [2.05, 4.69) is 45.7 Å². The number of rotatable bonds is 10. The Morgan fingerprint density at radius 2 is 1.17 bits per heavy atom. The zero-order valence-corrected chi connectivity index (χ0v) is 17.4. The Morgan fingerprint density at radius 3 is 1.50 bits per heavy atom. The van der Waals surface area contributed by atoms with Gasteiger partial charge in [0.2, 0.25) is 0 Å². The molecule has 0 radical (unpaired) electrons. The van der Waals surface area contributed by atoms with Gasteiger partial charge in [0.25, 0.3) is 0 Å². The summed E-state index contributed by atoms with van der Waals surface area (Å²) in [6.45, 7) is 4.99. The molecule has 1 rings (SSSR count). The Bertz CT molecular complexity index is 508. The van der Waals surface area contributed by atoms with E-state index in [-0.39, 0.29) is 0 Å². The summed E-state index contributed by atoms with van der Waals surface area (Å²) in [6.07, 6.45) is 5.90. The van der Waals surface area contributed by atoms with Crippen molar-refractivity contribution in [3.8, 4) is 0 Å². The van der Waals surface area contributed by atoms with Gasteiger partial charge in [0, 0.05) is 8.95 Å². The van der Waals surface area contributed by atoms with Crippen LogP contribution in [0.25, 0.3) is 0 Å². The van der Waals surface area contributed by atoms with Crippen molar-refractivity contribution in [2.24, 2.45) is 0 Å².